The van der Waals surface area contributed by atoms with Crippen molar-refractivity contribution in [1.82, 2.24) is 4.98 Å². The molecule has 1 heterocycles. The molecule has 0 radical (unpaired) electrons. The third kappa shape index (κ3) is 1.80. The summed E-state index contributed by atoms with van der Waals surface area (Å²) in [6, 6.07) is 12.1. The highest BCUT2D eigenvalue weighted by molar-refractivity contribution is 7.80. The Morgan fingerprint density at radius 3 is 2.64 bits per heavy atom. The molecule has 0 aliphatic carbocycles. The lowest BCUT2D eigenvalue weighted by molar-refractivity contribution is 1.20. The second-order valence-electron chi connectivity index (χ2n) is 3.20. The first-order valence-electron chi connectivity index (χ1n) is 4.48. The lowest BCUT2D eigenvalue weighted by Gasteiger charge is -2.04. The molecule has 0 aliphatic heterocycles. The Bertz CT molecular complexity index is 452. The highest BCUT2D eigenvalue weighted by atomic mass is 32.1. The quantitative estimate of drug-likeness (QED) is 0.698. The number of aryl methyl sites for hydroxylation is 1. The Balaban J connectivity index is 2.55. The lowest BCUT2D eigenvalue weighted by Crippen LogP contribution is -1.83. The van der Waals surface area contributed by atoms with E-state index in [0.29, 0.717) is 0 Å². The van der Waals surface area contributed by atoms with Crippen LogP contribution >= 0.6 is 12.6 Å². The third-order valence-electron chi connectivity index (χ3n) is 2.11. The van der Waals surface area contributed by atoms with Crippen LogP contribution in [0.4, 0.5) is 0 Å². The van der Waals surface area contributed by atoms with Crippen molar-refractivity contribution in [2.45, 2.75) is 11.8 Å². The smallest absolute Gasteiger partial charge is 0.0378 e. The van der Waals surface area contributed by atoms with Gasteiger partial charge < -0.3 is 0 Å². The summed E-state index contributed by atoms with van der Waals surface area (Å²) in [5.74, 6) is 0. The van der Waals surface area contributed by atoms with Crippen LogP contribution in [-0.2, 0) is 0 Å². The molecule has 0 atom stereocenters. The molecule has 1 aromatic carbocycles. The van der Waals surface area contributed by atoms with Crippen molar-refractivity contribution < 1.29 is 0 Å². The molecule has 0 fully saturated rings. The van der Waals surface area contributed by atoms with E-state index in [1.807, 2.05) is 37.4 Å². The van der Waals surface area contributed by atoms with Gasteiger partial charge in [-0.2, -0.15) is 0 Å². The van der Waals surface area contributed by atoms with Gasteiger partial charge in [0.05, 0.1) is 0 Å². The Morgan fingerprint density at radius 1 is 1.14 bits per heavy atom. The fourth-order valence-electron chi connectivity index (χ4n) is 1.43. The molecule has 70 valence electrons. The van der Waals surface area contributed by atoms with Gasteiger partial charge in [0.15, 0.2) is 0 Å². The maximum absolute atomic E-state index is 4.42. The van der Waals surface area contributed by atoms with Crippen molar-refractivity contribution in [3.8, 4) is 11.1 Å². The maximum Gasteiger partial charge on any atom is 0.0378 e. The first-order valence-corrected chi connectivity index (χ1v) is 4.93. The fraction of sp³-hybridized carbons (Fsp3) is 0.0833. The van der Waals surface area contributed by atoms with Gasteiger partial charge in [-0.3, -0.25) is 4.98 Å². The zero-order chi connectivity index (χ0) is 9.97. The predicted octanol–water partition coefficient (Wildman–Crippen LogP) is 3.35. The van der Waals surface area contributed by atoms with Crippen LogP contribution in [0.1, 0.15) is 5.69 Å². The van der Waals surface area contributed by atoms with Crippen molar-refractivity contribution in [1.29, 1.82) is 0 Å². The predicted molar refractivity (Wildman–Crippen MR) is 61.7 cm³/mol. The molecule has 0 amide bonds. The van der Waals surface area contributed by atoms with Crippen molar-refractivity contribution in [3.63, 3.8) is 0 Å². The molecule has 2 rings (SSSR count). The Kier molecular flexibility index (Phi) is 2.55. The lowest BCUT2D eigenvalue weighted by atomic mass is 10.1. The van der Waals surface area contributed by atoms with E-state index >= 15 is 0 Å². The molecule has 0 saturated heterocycles. The monoisotopic (exact) mass is 201 g/mol. The summed E-state index contributed by atoms with van der Waals surface area (Å²) in [4.78, 5) is 5.17. The zero-order valence-electron chi connectivity index (χ0n) is 7.94. The van der Waals surface area contributed by atoms with Gasteiger partial charge in [0.25, 0.3) is 0 Å². The van der Waals surface area contributed by atoms with Crippen LogP contribution in [0.25, 0.3) is 11.1 Å². The average molecular weight is 201 g/mol. The molecule has 0 saturated carbocycles. The molecule has 0 aliphatic rings. The summed E-state index contributed by atoms with van der Waals surface area (Å²) in [7, 11) is 0. The van der Waals surface area contributed by atoms with Crippen LogP contribution in [0, 0.1) is 6.92 Å². The van der Waals surface area contributed by atoms with E-state index in [9.17, 15) is 0 Å². The molecule has 0 unspecified atom stereocenters. The highest BCUT2D eigenvalue weighted by Gasteiger charge is 2.00. The zero-order valence-corrected chi connectivity index (χ0v) is 8.83. The van der Waals surface area contributed by atoms with Crippen molar-refractivity contribution >= 4 is 12.6 Å². The van der Waals surface area contributed by atoms with Crippen LogP contribution in [-0.4, -0.2) is 4.98 Å². The number of thiol groups is 1. The number of nitrogens with zero attached hydrogens (tertiary/aromatic N) is 1. The molecular formula is C12H11NS. The molecule has 2 aromatic rings. The van der Waals surface area contributed by atoms with Gasteiger partial charge in [0.1, 0.15) is 0 Å². The van der Waals surface area contributed by atoms with Gasteiger partial charge in [0, 0.05) is 16.8 Å². The Morgan fingerprint density at radius 2 is 1.93 bits per heavy atom. The van der Waals surface area contributed by atoms with Gasteiger partial charge >= 0.3 is 0 Å². The minimum absolute atomic E-state index is 0.998. The molecule has 0 bridgehead atoms. The second-order valence-corrected chi connectivity index (χ2v) is 3.68. The molecule has 2 heteroatoms. The van der Waals surface area contributed by atoms with E-state index in [1.54, 1.807) is 0 Å². The van der Waals surface area contributed by atoms with Crippen molar-refractivity contribution in [2.75, 3.05) is 0 Å². The molecule has 1 aromatic heterocycles. The van der Waals surface area contributed by atoms with E-state index in [1.165, 1.54) is 5.56 Å². The summed E-state index contributed by atoms with van der Waals surface area (Å²) in [5, 5.41) is 0. The van der Waals surface area contributed by atoms with E-state index in [0.717, 1.165) is 16.2 Å². The third-order valence-corrected chi connectivity index (χ3v) is 2.50. The number of rotatable bonds is 1. The molecule has 0 N–H and O–H groups in total. The molecule has 1 nitrogen and oxygen atoms in total. The van der Waals surface area contributed by atoms with E-state index in [4.69, 9.17) is 0 Å². The van der Waals surface area contributed by atoms with Crippen LogP contribution in [0.2, 0.25) is 0 Å². The Labute approximate surface area is 89.2 Å². The second kappa shape index (κ2) is 3.84. The topological polar surface area (TPSA) is 12.9 Å². The van der Waals surface area contributed by atoms with Crippen LogP contribution in [0.15, 0.2) is 47.5 Å². The van der Waals surface area contributed by atoms with Gasteiger partial charge in [-0.05, 0) is 36.2 Å². The number of pyridine rings is 1. The highest BCUT2D eigenvalue weighted by Crippen LogP contribution is 2.25. The fourth-order valence-corrected chi connectivity index (χ4v) is 1.72. The summed E-state index contributed by atoms with van der Waals surface area (Å²) < 4.78 is 0. The first kappa shape index (κ1) is 9.28. The number of aromatic nitrogens is 1. The van der Waals surface area contributed by atoms with E-state index in [2.05, 4.69) is 29.7 Å². The van der Waals surface area contributed by atoms with Gasteiger partial charge in [-0.25, -0.2) is 0 Å². The van der Waals surface area contributed by atoms with Crippen LogP contribution < -0.4 is 0 Å². The average Bonchev–Trinajstić information content (AvgIpc) is 2.18. The SMILES string of the molecule is Cc1cc(-c2ccccc2S)ccn1. The minimum atomic E-state index is 0.998. The Hall–Kier alpha value is -1.28. The molecule has 0 spiro atoms. The summed E-state index contributed by atoms with van der Waals surface area (Å²) in [6.07, 6.45) is 1.82. The van der Waals surface area contributed by atoms with E-state index in [-0.39, 0.29) is 0 Å². The molecule has 14 heavy (non-hydrogen) atoms. The van der Waals surface area contributed by atoms with Crippen molar-refractivity contribution in [2.24, 2.45) is 0 Å². The minimum Gasteiger partial charge on any atom is -0.262 e. The first-order chi connectivity index (χ1) is 6.77. The maximum atomic E-state index is 4.42. The summed E-state index contributed by atoms with van der Waals surface area (Å²) in [6.45, 7) is 1.99. The number of hydrogen-bond acceptors (Lipinski definition) is 2. The van der Waals surface area contributed by atoms with Gasteiger partial charge in [-0.15, -0.1) is 12.6 Å². The van der Waals surface area contributed by atoms with Crippen molar-refractivity contribution in [3.05, 3.63) is 48.3 Å². The number of benzene rings is 1. The number of hydrogen-bond donors (Lipinski definition) is 1. The van der Waals surface area contributed by atoms with Crippen LogP contribution in [0.5, 0.6) is 0 Å². The molecular weight excluding hydrogens is 190 g/mol. The van der Waals surface area contributed by atoms with Gasteiger partial charge in [-0.1, -0.05) is 18.2 Å². The largest absolute Gasteiger partial charge is 0.262 e. The van der Waals surface area contributed by atoms with E-state index < -0.39 is 0 Å². The van der Waals surface area contributed by atoms with Gasteiger partial charge in [0.2, 0.25) is 0 Å². The summed E-state index contributed by atoms with van der Waals surface area (Å²) in [5.41, 5.74) is 3.35. The normalized spacial score (nSPS) is 10.1. The summed E-state index contributed by atoms with van der Waals surface area (Å²) >= 11 is 4.42. The standard InChI is InChI=1S/C12H11NS/c1-9-8-10(6-7-13-9)11-4-2-3-5-12(11)14/h2-8,14H,1H3. The van der Waals surface area contributed by atoms with Crippen LogP contribution in [0.3, 0.4) is 0 Å².